The molecule has 1 N–H and O–H groups in total. The first kappa shape index (κ1) is 30.8. The van der Waals surface area contributed by atoms with Crippen molar-refractivity contribution in [2.24, 2.45) is 11.8 Å². The zero-order chi connectivity index (χ0) is 29.0. The van der Waals surface area contributed by atoms with E-state index in [0.717, 1.165) is 18.5 Å². The quantitative estimate of drug-likeness (QED) is 0.184. The number of unbranched alkanes of at least 4 members (excludes halogenated alkanes) is 1. The lowest BCUT2D eigenvalue weighted by molar-refractivity contribution is -0.143. The second kappa shape index (κ2) is 13.3. The Morgan fingerprint density at radius 3 is 2.52 bits per heavy atom. The predicted octanol–water partition coefficient (Wildman–Crippen LogP) is 4.65. The van der Waals surface area contributed by atoms with Gasteiger partial charge in [-0.1, -0.05) is 59.6 Å². The summed E-state index contributed by atoms with van der Waals surface area (Å²) in [6, 6.07) is 8.83. The van der Waals surface area contributed by atoms with Crippen molar-refractivity contribution in [1.82, 2.24) is 9.80 Å². The number of likely N-dealkylation sites (tertiary alicyclic amines) is 1. The Morgan fingerprint density at radius 1 is 1.20 bits per heavy atom. The minimum atomic E-state index is -0.700. The summed E-state index contributed by atoms with van der Waals surface area (Å²) in [5, 5.41) is 9.33. The first-order chi connectivity index (χ1) is 19.3. The zero-order valence-electron chi connectivity index (χ0n) is 23.6. The summed E-state index contributed by atoms with van der Waals surface area (Å²) in [5.74, 6) is -1.42. The smallest absolute Gasteiger partial charge is 0.247 e. The van der Waals surface area contributed by atoms with Crippen LogP contribution in [-0.2, 0) is 14.4 Å². The average Bonchev–Trinajstić information content (AvgIpc) is 3.53. The van der Waals surface area contributed by atoms with Gasteiger partial charge in [0.25, 0.3) is 0 Å². The molecule has 3 heterocycles. The van der Waals surface area contributed by atoms with E-state index < -0.39 is 22.6 Å². The van der Waals surface area contributed by atoms with Crippen molar-refractivity contribution >= 4 is 51.1 Å². The number of aliphatic hydroxyl groups is 1. The first-order valence-electron chi connectivity index (χ1n) is 14.4. The molecule has 0 radical (unpaired) electrons. The van der Waals surface area contributed by atoms with Crippen molar-refractivity contribution in [2.45, 2.75) is 72.9 Å². The van der Waals surface area contributed by atoms with Crippen molar-refractivity contribution in [1.29, 1.82) is 0 Å². The number of halogens is 1. The molecule has 218 valence electrons. The van der Waals surface area contributed by atoms with Crippen LogP contribution in [0.3, 0.4) is 0 Å². The van der Waals surface area contributed by atoms with E-state index in [4.69, 9.17) is 0 Å². The fraction of sp³-hybridized carbons (Fsp3) is 0.581. The molecule has 40 heavy (non-hydrogen) atoms. The lowest BCUT2D eigenvalue weighted by Crippen LogP contribution is -2.57. The fourth-order valence-electron chi connectivity index (χ4n) is 6.92. The summed E-state index contributed by atoms with van der Waals surface area (Å²) in [5.41, 5.74) is 0.767. The summed E-state index contributed by atoms with van der Waals surface area (Å²) < 4.78 is -0.700. The predicted molar refractivity (Wildman–Crippen MR) is 166 cm³/mol. The van der Waals surface area contributed by atoms with Crippen molar-refractivity contribution in [3.8, 4) is 0 Å². The van der Waals surface area contributed by atoms with Crippen molar-refractivity contribution in [3.63, 3.8) is 0 Å². The van der Waals surface area contributed by atoms with Gasteiger partial charge >= 0.3 is 0 Å². The molecule has 3 amide bonds. The number of alkyl halides is 1. The fourth-order valence-corrected chi connectivity index (χ4v) is 10.5. The minimum absolute atomic E-state index is 0.00214. The second-order valence-corrected chi connectivity index (χ2v) is 13.8. The van der Waals surface area contributed by atoms with E-state index in [1.54, 1.807) is 33.7 Å². The Kier molecular flexibility index (Phi) is 10.2. The lowest BCUT2D eigenvalue weighted by Gasteiger charge is -2.40. The van der Waals surface area contributed by atoms with Gasteiger partial charge in [0, 0.05) is 48.0 Å². The van der Waals surface area contributed by atoms with E-state index in [-0.39, 0.29) is 40.4 Å². The first-order valence-corrected chi connectivity index (χ1v) is 16.2. The van der Waals surface area contributed by atoms with Crippen LogP contribution in [0.2, 0.25) is 0 Å². The van der Waals surface area contributed by atoms with E-state index >= 15 is 0 Å². The van der Waals surface area contributed by atoms with Gasteiger partial charge in [0.15, 0.2) is 0 Å². The Bertz CT molecular complexity index is 1100. The highest BCUT2D eigenvalue weighted by molar-refractivity contribution is 9.09. The van der Waals surface area contributed by atoms with E-state index in [1.807, 2.05) is 35.2 Å². The molecule has 4 rings (SSSR count). The monoisotopic (exact) mass is 631 g/mol. The van der Waals surface area contributed by atoms with Gasteiger partial charge in [-0.15, -0.1) is 24.9 Å². The molecule has 3 aliphatic rings. The number of carbonyl (C=O) groups is 3. The van der Waals surface area contributed by atoms with Crippen LogP contribution in [0, 0.1) is 11.8 Å². The van der Waals surface area contributed by atoms with Crippen molar-refractivity contribution in [2.75, 3.05) is 31.1 Å². The van der Waals surface area contributed by atoms with Crippen LogP contribution in [0.1, 0.15) is 46.0 Å². The van der Waals surface area contributed by atoms with E-state index in [0.29, 0.717) is 38.9 Å². The number of hydrogen-bond acceptors (Lipinski definition) is 5. The molecule has 7 nitrogen and oxygen atoms in total. The number of hydrogen-bond donors (Lipinski definition) is 1. The summed E-state index contributed by atoms with van der Waals surface area (Å²) in [4.78, 5) is 48.5. The number of thioether (sulfide) groups is 1. The summed E-state index contributed by atoms with van der Waals surface area (Å²) in [6.07, 6.45) is 7.04. The number of carbonyl (C=O) groups excluding carboxylic acids is 3. The molecule has 1 aromatic carbocycles. The van der Waals surface area contributed by atoms with Gasteiger partial charge in [0.2, 0.25) is 17.7 Å². The maximum atomic E-state index is 14.5. The van der Waals surface area contributed by atoms with Crippen LogP contribution >= 0.6 is 27.7 Å². The van der Waals surface area contributed by atoms with Gasteiger partial charge in [-0.05, 0) is 44.7 Å². The summed E-state index contributed by atoms with van der Waals surface area (Å²) in [7, 11) is 0. The number of aliphatic hydroxyl groups excluding tert-OH is 1. The molecule has 2 bridgehead atoms. The van der Waals surface area contributed by atoms with Crippen LogP contribution in [0.4, 0.5) is 5.69 Å². The Morgan fingerprint density at radius 2 is 1.90 bits per heavy atom. The second-order valence-electron chi connectivity index (χ2n) is 11.1. The maximum absolute atomic E-state index is 14.5. The number of amides is 3. The minimum Gasteiger partial charge on any atom is -0.396 e. The molecule has 3 saturated heterocycles. The zero-order valence-corrected chi connectivity index (χ0v) is 26.0. The van der Waals surface area contributed by atoms with Crippen LogP contribution in [0.5, 0.6) is 0 Å². The Hall–Kier alpha value is -2.10. The van der Waals surface area contributed by atoms with E-state index in [2.05, 4.69) is 42.9 Å². The lowest BCUT2D eigenvalue weighted by atomic mass is 9.70. The normalized spacial score (nSPS) is 29.2. The van der Waals surface area contributed by atoms with Gasteiger partial charge in [-0.3, -0.25) is 14.4 Å². The molecule has 4 unspecified atom stereocenters. The van der Waals surface area contributed by atoms with Gasteiger partial charge < -0.3 is 19.8 Å². The molecule has 0 saturated carbocycles. The topological polar surface area (TPSA) is 81.2 Å². The molecule has 9 heteroatoms. The molecule has 0 aliphatic carbocycles. The van der Waals surface area contributed by atoms with Crippen molar-refractivity contribution in [3.05, 3.63) is 55.6 Å². The Balaban J connectivity index is 1.77. The number of benzene rings is 1. The molecule has 3 aliphatic heterocycles. The number of para-hydroxylation sites is 1. The highest BCUT2D eigenvalue weighted by Crippen LogP contribution is 2.68. The number of nitrogens with zero attached hydrogens (tertiary/aromatic N) is 3. The molecule has 0 aromatic heterocycles. The SMILES string of the molecule is C=CCN(C(=O)[C@H]1[C@H]2C(=O)N(CCCCO)C(C(=O)N(CC=C)C(C)CCC)C23CC(Br)[C@@H]1S3)c1ccccc1. The standard InChI is InChI=1S/C31H42BrN3O4S/c1-5-13-21(4)33(16-6-2)30(39)27-31-20-23(32)26(40-31)24(25(31)29(38)35(27)18-11-12-19-36)28(37)34(17-7-3)22-14-9-8-10-15-22/h6-10,14-15,21,23-27,36H,2-3,5,11-13,16-20H2,1,4H3/t21?,23?,24-,25-,26-,27?,31?/m0/s1. The molecular formula is C31H42BrN3O4S. The van der Waals surface area contributed by atoms with Gasteiger partial charge in [0.05, 0.1) is 16.6 Å². The number of rotatable bonds is 14. The maximum Gasteiger partial charge on any atom is 0.247 e. The van der Waals surface area contributed by atoms with Gasteiger partial charge in [-0.2, -0.15) is 0 Å². The van der Waals surface area contributed by atoms with Crippen molar-refractivity contribution < 1.29 is 19.5 Å². The third-order valence-corrected chi connectivity index (χ3v) is 11.8. The number of fused-ring (bicyclic) bond motifs is 1. The van der Waals surface area contributed by atoms with Crippen LogP contribution in [-0.4, -0.2) is 85.8 Å². The Labute approximate surface area is 251 Å². The highest BCUT2D eigenvalue weighted by Gasteiger charge is 2.76. The van der Waals surface area contributed by atoms with E-state index in [9.17, 15) is 19.5 Å². The van der Waals surface area contributed by atoms with Crippen LogP contribution in [0.25, 0.3) is 0 Å². The average molecular weight is 633 g/mol. The third-order valence-electron chi connectivity index (χ3n) is 8.61. The highest BCUT2D eigenvalue weighted by atomic mass is 79.9. The van der Waals surface area contributed by atoms with E-state index in [1.165, 1.54) is 0 Å². The molecule has 7 atom stereocenters. The number of anilines is 1. The van der Waals surface area contributed by atoms with Gasteiger partial charge in [0.1, 0.15) is 6.04 Å². The van der Waals surface area contributed by atoms with Crippen LogP contribution in [0.15, 0.2) is 55.6 Å². The molecule has 1 aromatic rings. The largest absolute Gasteiger partial charge is 0.396 e. The molecule has 3 fully saturated rings. The van der Waals surface area contributed by atoms with Crippen LogP contribution < -0.4 is 4.90 Å². The molecular weight excluding hydrogens is 590 g/mol. The molecule has 1 spiro atoms. The third kappa shape index (κ3) is 5.41. The van der Waals surface area contributed by atoms with Gasteiger partial charge in [-0.25, -0.2) is 0 Å². The summed E-state index contributed by atoms with van der Waals surface area (Å²) >= 11 is 5.53. The summed E-state index contributed by atoms with van der Waals surface area (Å²) in [6.45, 7) is 13.1.